The van der Waals surface area contributed by atoms with Gasteiger partial charge in [-0.3, -0.25) is 0 Å². The predicted octanol–water partition coefficient (Wildman–Crippen LogP) is 4.57. The summed E-state index contributed by atoms with van der Waals surface area (Å²) in [5.74, 6) is 0.947. The van der Waals surface area contributed by atoms with Gasteiger partial charge in [-0.05, 0) is 29.2 Å². The Morgan fingerprint density at radius 3 is 2.71 bits per heavy atom. The molecular formula is C19H15NO. The Balaban J connectivity index is 1.82. The van der Waals surface area contributed by atoms with E-state index < -0.39 is 0 Å². The van der Waals surface area contributed by atoms with Gasteiger partial charge in [0.15, 0.2) is 0 Å². The highest BCUT2D eigenvalue weighted by Crippen LogP contribution is 2.38. The smallest absolute Gasteiger partial charge is 0.142 e. The molecule has 0 aromatic heterocycles. The summed E-state index contributed by atoms with van der Waals surface area (Å²) in [6, 6.07) is 20.4. The molecular weight excluding hydrogens is 258 g/mol. The maximum absolute atomic E-state index is 6.24. The molecule has 0 amide bonds. The number of benzene rings is 3. The summed E-state index contributed by atoms with van der Waals surface area (Å²) < 4.78 is 6.24. The maximum Gasteiger partial charge on any atom is 0.142 e. The van der Waals surface area contributed by atoms with Crippen molar-refractivity contribution in [2.45, 2.75) is 6.10 Å². The summed E-state index contributed by atoms with van der Waals surface area (Å²) in [6.07, 6.45) is 4.11. The summed E-state index contributed by atoms with van der Waals surface area (Å²) in [5, 5.41) is 2.34. The van der Waals surface area contributed by atoms with Gasteiger partial charge in [-0.15, -0.1) is 0 Å². The molecule has 3 aromatic rings. The number of ether oxygens (including phenoxy) is 1. The number of hydrogen-bond donors (Lipinski definition) is 1. The monoisotopic (exact) mass is 273 g/mol. The molecule has 4 rings (SSSR count). The summed E-state index contributed by atoms with van der Waals surface area (Å²) in [4.78, 5) is 0. The lowest BCUT2D eigenvalue weighted by Crippen LogP contribution is -2.09. The second kappa shape index (κ2) is 4.67. The summed E-state index contributed by atoms with van der Waals surface area (Å²) in [5.41, 5.74) is 8.82. The number of fused-ring (bicyclic) bond motifs is 3. The molecule has 0 bridgehead atoms. The van der Waals surface area contributed by atoms with Crippen molar-refractivity contribution in [1.29, 1.82) is 0 Å². The van der Waals surface area contributed by atoms with E-state index in [2.05, 4.69) is 36.4 Å². The third kappa shape index (κ3) is 2.05. The number of anilines is 1. The first-order valence-electron chi connectivity index (χ1n) is 7.03. The van der Waals surface area contributed by atoms with E-state index in [0.29, 0.717) is 0 Å². The molecule has 102 valence electrons. The zero-order valence-electron chi connectivity index (χ0n) is 11.5. The van der Waals surface area contributed by atoms with E-state index in [1.807, 2.05) is 36.4 Å². The highest BCUT2D eigenvalue weighted by molar-refractivity contribution is 5.92. The minimum absolute atomic E-state index is 0.0909. The Morgan fingerprint density at radius 2 is 1.81 bits per heavy atom. The van der Waals surface area contributed by atoms with Crippen LogP contribution in [0.3, 0.4) is 0 Å². The van der Waals surface area contributed by atoms with E-state index in [9.17, 15) is 0 Å². The zero-order chi connectivity index (χ0) is 14.2. The molecule has 0 spiro atoms. The molecule has 1 atom stereocenters. The molecule has 1 aliphatic heterocycles. The van der Waals surface area contributed by atoms with E-state index in [1.165, 1.54) is 5.39 Å². The third-order valence-electron chi connectivity index (χ3n) is 3.84. The first kappa shape index (κ1) is 12.0. The van der Waals surface area contributed by atoms with Crippen molar-refractivity contribution in [2.24, 2.45) is 0 Å². The van der Waals surface area contributed by atoms with Crippen molar-refractivity contribution in [3.63, 3.8) is 0 Å². The van der Waals surface area contributed by atoms with Crippen molar-refractivity contribution in [3.05, 3.63) is 77.9 Å². The van der Waals surface area contributed by atoms with Crippen molar-refractivity contribution in [2.75, 3.05) is 5.73 Å². The van der Waals surface area contributed by atoms with Crippen LogP contribution in [-0.2, 0) is 0 Å². The number of rotatable bonds is 1. The number of nitrogens with two attached hydrogens (primary N) is 1. The fraction of sp³-hybridized carbons (Fsp3) is 0.0526. The van der Waals surface area contributed by atoms with Crippen LogP contribution in [0.5, 0.6) is 5.75 Å². The molecule has 0 aliphatic carbocycles. The average molecular weight is 273 g/mol. The van der Waals surface area contributed by atoms with Crippen molar-refractivity contribution >= 4 is 22.5 Å². The molecule has 1 aliphatic rings. The Hall–Kier alpha value is -2.74. The van der Waals surface area contributed by atoms with Gasteiger partial charge in [-0.2, -0.15) is 0 Å². The van der Waals surface area contributed by atoms with Crippen LogP contribution >= 0.6 is 0 Å². The lowest BCUT2D eigenvalue weighted by atomic mass is 10.00. The summed E-state index contributed by atoms with van der Waals surface area (Å²) >= 11 is 0. The minimum Gasteiger partial charge on any atom is -0.480 e. The van der Waals surface area contributed by atoms with Gasteiger partial charge in [0, 0.05) is 16.6 Å². The summed E-state index contributed by atoms with van der Waals surface area (Å²) in [6.45, 7) is 0. The Kier molecular flexibility index (Phi) is 2.68. The molecule has 2 heteroatoms. The van der Waals surface area contributed by atoms with Gasteiger partial charge in [-0.25, -0.2) is 0 Å². The average Bonchev–Trinajstić information content (AvgIpc) is 2.54. The van der Waals surface area contributed by atoms with Gasteiger partial charge in [-0.1, -0.05) is 54.6 Å². The van der Waals surface area contributed by atoms with Crippen molar-refractivity contribution < 1.29 is 4.74 Å². The first-order valence-corrected chi connectivity index (χ1v) is 7.03. The second-order valence-electron chi connectivity index (χ2n) is 5.27. The molecule has 21 heavy (non-hydrogen) atoms. The van der Waals surface area contributed by atoms with Gasteiger partial charge in [0.1, 0.15) is 11.9 Å². The lowest BCUT2D eigenvalue weighted by Gasteiger charge is -2.23. The quantitative estimate of drug-likeness (QED) is 0.659. The molecule has 1 heterocycles. The third-order valence-corrected chi connectivity index (χ3v) is 3.84. The van der Waals surface area contributed by atoms with E-state index in [-0.39, 0.29) is 6.10 Å². The molecule has 2 nitrogen and oxygen atoms in total. The topological polar surface area (TPSA) is 35.2 Å². The largest absolute Gasteiger partial charge is 0.480 e. The van der Waals surface area contributed by atoms with Gasteiger partial charge in [0.25, 0.3) is 0 Å². The Labute approximate surface area is 123 Å². The predicted molar refractivity (Wildman–Crippen MR) is 87.2 cm³/mol. The van der Waals surface area contributed by atoms with E-state index in [0.717, 1.165) is 28.0 Å². The van der Waals surface area contributed by atoms with Crippen molar-refractivity contribution in [1.82, 2.24) is 0 Å². The molecule has 0 saturated heterocycles. The van der Waals surface area contributed by atoms with E-state index in [1.54, 1.807) is 0 Å². The normalized spacial score (nSPS) is 16.5. The van der Waals surface area contributed by atoms with Gasteiger partial charge in [0.05, 0.1) is 0 Å². The lowest BCUT2D eigenvalue weighted by molar-refractivity contribution is 0.255. The van der Waals surface area contributed by atoms with Crippen LogP contribution < -0.4 is 10.5 Å². The molecule has 0 saturated carbocycles. The fourth-order valence-electron chi connectivity index (χ4n) is 2.80. The van der Waals surface area contributed by atoms with Gasteiger partial charge >= 0.3 is 0 Å². The van der Waals surface area contributed by atoms with Gasteiger partial charge in [0.2, 0.25) is 0 Å². The second-order valence-corrected chi connectivity index (χ2v) is 5.27. The van der Waals surface area contributed by atoms with Crippen LogP contribution in [0.15, 0.2) is 66.7 Å². The first-order chi connectivity index (χ1) is 10.3. The van der Waals surface area contributed by atoms with Crippen LogP contribution in [0.1, 0.15) is 17.2 Å². The van der Waals surface area contributed by atoms with Crippen molar-refractivity contribution in [3.8, 4) is 5.75 Å². The highest BCUT2D eigenvalue weighted by Gasteiger charge is 2.18. The number of hydrogen-bond acceptors (Lipinski definition) is 2. The highest BCUT2D eigenvalue weighted by atomic mass is 16.5. The van der Waals surface area contributed by atoms with E-state index >= 15 is 0 Å². The van der Waals surface area contributed by atoms with Crippen LogP contribution in [-0.4, -0.2) is 0 Å². The number of nitrogen functional groups attached to an aromatic ring is 1. The Bertz CT molecular complexity index is 851. The maximum atomic E-state index is 6.24. The molecule has 2 N–H and O–H groups in total. The molecule has 0 fully saturated rings. The fourth-order valence-corrected chi connectivity index (χ4v) is 2.80. The molecule has 0 radical (unpaired) electrons. The Morgan fingerprint density at radius 1 is 0.905 bits per heavy atom. The molecule has 3 aromatic carbocycles. The van der Waals surface area contributed by atoms with Crippen LogP contribution in [0.4, 0.5) is 5.69 Å². The minimum atomic E-state index is -0.0909. The van der Waals surface area contributed by atoms with Crippen LogP contribution in [0.25, 0.3) is 16.8 Å². The SMILES string of the molecule is Nc1cccc(C2C=Cc3ccc4ccccc4c3O2)c1. The standard InChI is InChI=1S/C19H15NO/c20-16-6-3-5-15(12-16)18-11-10-14-9-8-13-4-1-2-7-17(13)19(14)21-18/h1-12,18H,20H2. The van der Waals surface area contributed by atoms with Crippen LogP contribution in [0, 0.1) is 0 Å². The zero-order valence-corrected chi connectivity index (χ0v) is 11.5. The molecule has 1 unspecified atom stereocenters. The van der Waals surface area contributed by atoms with E-state index in [4.69, 9.17) is 10.5 Å². The van der Waals surface area contributed by atoms with Gasteiger partial charge < -0.3 is 10.5 Å². The summed E-state index contributed by atoms with van der Waals surface area (Å²) in [7, 11) is 0. The van der Waals surface area contributed by atoms with Crippen LogP contribution in [0.2, 0.25) is 0 Å².